The Hall–Kier alpha value is -2.59. The Morgan fingerprint density at radius 3 is 2.53 bits per heavy atom. The van der Waals surface area contributed by atoms with Crippen LogP contribution < -0.4 is 4.72 Å². The molecule has 2 heterocycles. The predicted molar refractivity (Wildman–Crippen MR) is 120 cm³/mol. The molecule has 1 amide bonds. The van der Waals surface area contributed by atoms with Gasteiger partial charge < -0.3 is 4.90 Å². The number of benzene rings is 2. The van der Waals surface area contributed by atoms with Gasteiger partial charge in [0.25, 0.3) is 5.91 Å². The summed E-state index contributed by atoms with van der Waals surface area (Å²) in [6, 6.07) is 17.6. The molecule has 0 unspecified atom stereocenters. The Balaban J connectivity index is 1.42. The number of carbonyl (C=O) groups excluding carboxylic acids is 1. The van der Waals surface area contributed by atoms with E-state index in [4.69, 9.17) is 0 Å². The van der Waals surface area contributed by atoms with Crippen LogP contribution in [-0.4, -0.2) is 31.3 Å². The lowest BCUT2D eigenvalue weighted by Crippen LogP contribution is -2.26. The second-order valence-electron chi connectivity index (χ2n) is 6.66. The van der Waals surface area contributed by atoms with Gasteiger partial charge in [-0.1, -0.05) is 18.2 Å². The number of hydrogen-bond donors (Lipinski definition) is 1. The van der Waals surface area contributed by atoms with E-state index in [0.717, 1.165) is 20.1 Å². The fourth-order valence-electron chi connectivity index (χ4n) is 2.92. The van der Waals surface area contributed by atoms with E-state index in [1.54, 1.807) is 23.3 Å². The van der Waals surface area contributed by atoms with Crippen molar-refractivity contribution in [3.05, 3.63) is 81.5 Å². The number of rotatable bonds is 7. The lowest BCUT2D eigenvalue weighted by Gasteiger charge is -2.16. The number of hydrogen-bond acceptors (Lipinski definition) is 6. The number of aromatic nitrogens is 1. The third kappa shape index (κ3) is 4.59. The molecule has 0 fully saturated rings. The first kappa shape index (κ1) is 20.7. The van der Waals surface area contributed by atoms with Crippen molar-refractivity contribution in [1.29, 1.82) is 0 Å². The highest BCUT2D eigenvalue weighted by Gasteiger charge is 2.17. The molecule has 0 aliphatic carbocycles. The fourth-order valence-corrected chi connectivity index (χ4v) is 5.69. The summed E-state index contributed by atoms with van der Waals surface area (Å²) in [5.41, 5.74) is 1.35. The standard InChI is InChI=1S/C21H19N3O3S3/c1-24(14-20-23-18-6-2-3-7-19(18)29-20)21(25)15-8-10-17(11-9-15)30(26,27)22-13-16-5-4-12-28-16/h2-12,22H,13-14H2,1H3. The van der Waals surface area contributed by atoms with E-state index >= 15 is 0 Å². The number of thiazole rings is 1. The summed E-state index contributed by atoms with van der Waals surface area (Å²) in [6.45, 7) is 0.631. The smallest absolute Gasteiger partial charge is 0.253 e. The monoisotopic (exact) mass is 457 g/mol. The molecule has 0 spiro atoms. The number of sulfonamides is 1. The first-order valence-electron chi connectivity index (χ1n) is 9.14. The molecule has 0 saturated carbocycles. The Labute approximate surface area is 182 Å². The molecule has 0 saturated heterocycles. The molecule has 4 rings (SSSR count). The third-order valence-electron chi connectivity index (χ3n) is 4.49. The summed E-state index contributed by atoms with van der Waals surface area (Å²) < 4.78 is 28.6. The van der Waals surface area contributed by atoms with Gasteiger partial charge in [0.1, 0.15) is 5.01 Å². The van der Waals surface area contributed by atoms with E-state index in [-0.39, 0.29) is 17.3 Å². The average Bonchev–Trinajstić information content (AvgIpc) is 3.41. The Morgan fingerprint density at radius 1 is 1.07 bits per heavy atom. The van der Waals surface area contributed by atoms with Gasteiger partial charge in [0.2, 0.25) is 10.0 Å². The van der Waals surface area contributed by atoms with Crippen LogP contribution in [0.25, 0.3) is 10.2 Å². The molecule has 0 atom stereocenters. The van der Waals surface area contributed by atoms with Crippen molar-refractivity contribution >= 4 is 48.8 Å². The number of nitrogens with zero attached hydrogens (tertiary/aromatic N) is 2. The number of thiophene rings is 1. The van der Waals surface area contributed by atoms with Gasteiger partial charge in [-0.05, 0) is 47.8 Å². The van der Waals surface area contributed by atoms with Gasteiger partial charge >= 0.3 is 0 Å². The van der Waals surface area contributed by atoms with Crippen LogP contribution in [0.3, 0.4) is 0 Å². The van der Waals surface area contributed by atoms with Gasteiger partial charge in [-0.25, -0.2) is 18.1 Å². The highest BCUT2D eigenvalue weighted by Crippen LogP contribution is 2.23. The van der Waals surface area contributed by atoms with E-state index in [1.165, 1.54) is 35.6 Å². The van der Waals surface area contributed by atoms with Gasteiger partial charge in [-0.15, -0.1) is 22.7 Å². The number of para-hydroxylation sites is 1. The van der Waals surface area contributed by atoms with Crippen molar-refractivity contribution in [2.75, 3.05) is 7.05 Å². The molecule has 1 N–H and O–H groups in total. The van der Waals surface area contributed by atoms with Gasteiger partial charge in [0.05, 0.1) is 21.7 Å². The molecular weight excluding hydrogens is 438 g/mol. The number of fused-ring (bicyclic) bond motifs is 1. The molecule has 0 radical (unpaired) electrons. The average molecular weight is 458 g/mol. The highest BCUT2D eigenvalue weighted by molar-refractivity contribution is 7.89. The molecule has 0 aliphatic rings. The Bertz CT molecular complexity index is 1230. The van der Waals surface area contributed by atoms with Crippen LogP contribution in [-0.2, 0) is 23.1 Å². The first-order chi connectivity index (χ1) is 14.4. The van der Waals surface area contributed by atoms with Crippen molar-refractivity contribution in [3.8, 4) is 0 Å². The van der Waals surface area contributed by atoms with E-state index in [2.05, 4.69) is 9.71 Å². The Morgan fingerprint density at radius 2 is 1.83 bits per heavy atom. The summed E-state index contributed by atoms with van der Waals surface area (Å²) in [6.07, 6.45) is 0. The quantitative estimate of drug-likeness (QED) is 0.453. The van der Waals surface area contributed by atoms with E-state index < -0.39 is 10.0 Å². The third-order valence-corrected chi connectivity index (χ3v) is 7.80. The van der Waals surface area contributed by atoms with Crippen molar-refractivity contribution < 1.29 is 13.2 Å². The maximum Gasteiger partial charge on any atom is 0.253 e. The SMILES string of the molecule is CN(Cc1nc2ccccc2s1)C(=O)c1ccc(S(=O)(=O)NCc2cccs2)cc1. The molecule has 0 bridgehead atoms. The molecule has 2 aromatic heterocycles. The van der Waals surface area contributed by atoms with Crippen LogP contribution in [0.4, 0.5) is 0 Å². The van der Waals surface area contributed by atoms with Crippen LogP contribution in [0, 0.1) is 0 Å². The predicted octanol–water partition coefficient (Wildman–Crippen LogP) is 4.11. The molecule has 30 heavy (non-hydrogen) atoms. The minimum atomic E-state index is -3.64. The maximum absolute atomic E-state index is 12.7. The van der Waals surface area contributed by atoms with Crippen LogP contribution in [0.1, 0.15) is 20.2 Å². The zero-order valence-corrected chi connectivity index (χ0v) is 18.6. The topological polar surface area (TPSA) is 79.4 Å². The van der Waals surface area contributed by atoms with Gasteiger partial charge in [0, 0.05) is 24.0 Å². The lowest BCUT2D eigenvalue weighted by molar-refractivity contribution is 0.0785. The summed E-state index contributed by atoms with van der Waals surface area (Å²) >= 11 is 3.05. The zero-order valence-electron chi connectivity index (χ0n) is 16.1. The molecule has 0 aliphatic heterocycles. The molecule has 154 valence electrons. The van der Waals surface area contributed by atoms with Crippen molar-refractivity contribution in [2.24, 2.45) is 0 Å². The second-order valence-corrected chi connectivity index (χ2v) is 10.6. The molecule has 6 nitrogen and oxygen atoms in total. The Kier molecular flexibility index (Phi) is 5.96. The van der Waals surface area contributed by atoms with Crippen LogP contribution in [0.2, 0.25) is 0 Å². The largest absolute Gasteiger partial charge is 0.335 e. The summed E-state index contributed by atoms with van der Waals surface area (Å²) in [4.78, 5) is 19.9. The minimum absolute atomic E-state index is 0.129. The summed E-state index contributed by atoms with van der Waals surface area (Å²) in [5.74, 6) is -0.190. The number of carbonyl (C=O) groups is 1. The second kappa shape index (κ2) is 8.65. The van der Waals surface area contributed by atoms with Crippen LogP contribution in [0.15, 0.2) is 70.9 Å². The summed E-state index contributed by atoms with van der Waals surface area (Å²) in [5, 5.41) is 2.75. The van der Waals surface area contributed by atoms with E-state index in [9.17, 15) is 13.2 Å². The van der Waals surface area contributed by atoms with Crippen molar-refractivity contribution in [3.63, 3.8) is 0 Å². The van der Waals surface area contributed by atoms with Gasteiger partial charge in [-0.3, -0.25) is 4.79 Å². The van der Waals surface area contributed by atoms with Crippen molar-refractivity contribution in [1.82, 2.24) is 14.6 Å². The van der Waals surface area contributed by atoms with E-state index in [0.29, 0.717) is 12.1 Å². The fraction of sp³-hybridized carbons (Fsp3) is 0.143. The normalized spacial score (nSPS) is 11.6. The maximum atomic E-state index is 12.7. The van der Waals surface area contributed by atoms with Crippen LogP contribution >= 0.6 is 22.7 Å². The zero-order chi connectivity index (χ0) is 21.1. The van der Waals surface area contributed by atoms with Crippen LogP contribution in [0.5, 0.6) is 0 Å². The summed E-state index contributed by atoms with van der Waals surface area (Å²) in [7, 11) is -1.93. The van der Waals surface area contributed by atoms with E-state index in [1.807, 2.05) is 41.8 Å². The molecule has 4 aromatic rings. The minimum Gasteiger partial charge on any atom is -0.335 e. The van der Waals surface area contributed by atoms with Gasteiger partial charge in [0.15, 0.2) is 0 Å². The van der Waals surface area contributed by atoms with Gasteiger partial charge in [-0.2, -0.15) is 0 Å². The lowest BCUT2D eigenvalue weighted by atomic mass is 10.2. The molecule has 2 aromatic carbocycles. The first-order valence-corrected chi connectivity index (χ1v) is 12.3. The highest BCUT2D eigenvalue weighted by atomic mass is 32.2. The number of nitrogens with one attached hydrogen (secondary N) is 1. The number of amides is 1. The molecular formula is C21H19N3O3S3. The van der Waals surface area contributed by atoms with Crippen molar-refractivity contribution in [2.45, 2.75) is 18.0 Å². The molecule has 9 heteroatoms.